The number of rotatable bonds is 4. The van der Waals surface area contributed by atoms with E-state index < -0.39 is 19.2 Å². The molecule has 100 valence electrons. The summed E-state index contributed by atoms with van der Waals surface area (Å²) < 4.78 is 12.4. The maximum atomic E-state index is 6.18. The van der Waals surface area contributed by atoms with Crippen LogP contribution in [-0.4, -0.2) is 19.2 Å². The van der Waals surface area contributed by atoms with E-state index in [4.69, 9.17) is 6.15 Å². The standard InChI is InChI=1S/2C7H8O.2CH3.Sn/c2*1-6-4-2-3-5-7(6)8;;;/h2*2-5,8H,1H3;2*1H3;/q;;;;+2/p-2. The van der Waals surface area contributed by atoms with Gasteiger partial charge in [-0.1, -0.05) is 0 Å². The predicted molar refractivity (Wildman–Crippen MR) is 81.1 cm³/mol. The molecule has 0 N–H and O–H groups in total. The Bertz CT molecular complexity index is 515. The fourth-order valence-corrected chi connectivity index (χ4v) is 6.34. The Labute approximate surface area is 120 Å². The first-order valence-corrected chi connectivity index (χ1v) is 14.5. The average molecular weight is 363 g/mol. The van der Waals surface area contributed by atoms with E-state index in [1.807, 2.05) is 36.4 Å². The van der Waals surface area contributed by atoms with Crippen LogP contribution in [0.4, 0.5) is 0 Å². The van der Waals surface area contributed by atoms with E-state index >= 15 is 0 Å². The van der Waals surface area contributed by atoms with Gasteiger partial charge in [0.15, 0.2) is 0 Å². The summed E-state index contributed by atoms with van der Waals surface area (Å²) in [4.78, 5) is 4.26. The van der Waals surface area contributed by atoms with Gasteiger partial charge in [0.1, 0.15) is 0 Å². The number of hydrogen-bond donors (Lipinski definition) is 0. The molecule has 0 aromatic heterocycles. The summed E-state index contributed by atoms with van der Waals surface area (Å²) in [5, 5.41) is 0. The molecule has 19 heavy (non-hydrogen) atoms. The van der Waals surface area contributed by atoms with Gasteiger partial charge in [-0.25, -0.2) is 0 Å². The number of para-hydroxylation sites is 2. The first-order valence-electron chi connectivity index (χ1n) is 6.47. The Morgan fingerprint density at radius 2 is 1.05 bits per heavy atom. The first kappa shape index (κ1) is 14.3. The first-order chi connectivity index (χ1) is 8.98. The van der Waals surface area contributed by atoms with Gasteiger partial charge in [-0.3, -0.25) is 0 Å². The Balaban J connectivity index is 2.15. The summed E-state index contributed by atoms with van der Waals surface area (Å²) in [5.41, 5.74) is 2.31. The van der Waals surface area contributed by atoms with Crippen LogP contribution in [0.2, 0.25) is 9.88 Å². The molecule has 0 saturated carbocycles. The third-order valence-corrected chi connectivity index (χ3v) is 6.96. The van der Waals surface area contributed by atoms with Gasteiger partial charge in [0.25, 0.3) is 0 Å². The van der Waals surface area contributed by atoms with Crippen molar-refractivity contribution < 1.29 is 6.15 Å². The quantitative estimate of drug-likeness (QED) is 0.747. The van der Waals surface area contributed by atoms with Crippen molar-refractivity contribution in [1.29, 1.82) is 0 Å². The van der Waals surface area contributed by atoms with Crippen molar-refractivity contribution in [2.24, 2.45) is 0 Å². The van der Waals surface area contributed by atoms with Crippen molar-refractivity contribution in [2.45, 2.75) is 23.7 Å². The van der Waals surface area contributed by atoms with Crippen LogP contribution in [0.3, 0.4) is 0 Å². The summed E-state index contributed by atoms with van der Waals surface area (Å²) in [6.07, 6.45) is 0. The molecule has 0 fully saturated rings. The molecule has 0 radical (unpaired) electrons. The van der Waals surface area contributed by atoms with Crippen LogP contribution in [0.5, 0.6) is 11.5 Å². The molecular formula is C16H20O2Sn. The van der Waals surface area contributed by atoms with Gasteiger partial charge in [-0.05, 0) is 0 Å². The maximum absolute atomic E-state index is 6.18. The number of hydrogen-bond acceptors (Lipinski definition) is 2. The Morgan fingerprint density at radius 1 is 0.684 bits per heavy atom. The van der Waals surface area contributed by atoms with Crippen molar-refractivity contribution in [3.05, 3.63) is 59.7 Å². The van der Waals surface area contributed by atoms with Crippen LogP contribution in [0.25, 0.3) is 0 Å². The van der Waals surface area contributed by atoms with E-state index in [1.54, 1.807) is 0 Å². The minimum absolute atomic E-state index is 0.942. The Morgan fingerprint density at radius 3 is 1.42 bits per heavy atom. The number of aryl methyl sites for hydroxylation is 2. The van der Waals surface area contributed by atoms with E-state index in [1.165, 1.54) is 0 Å². The van der Waals surface area contributed by atoms with E-state index in [0.29, 0.717) is 0 Å². The molecule has 2 rings (SSSR count). The molecule has 3 heteroatoms. The third-order valence-electron chi connectivity index (χ3n) is 2.90. The fourth-order valence-electron chi connectivity index (χ4n) is 1.89. The molecule has 2 aromatic carbocycles. The van der Waals surface area contributed by atoms with Gasteiger partial charge in [0.05, 0.1) is 0 Å². The van der Waals surface area contributed by atoms with E-state index in [-0.39, 0.29) is 0 Å². The summed E-state index contributed by atoms with van der Waals surface area (Å²) in [6.45, 7) is 4.12. The second-order valence-corrected chi connectivity index (χ2v) is 14.3. The van der Waals surface area contributed by atoms with Gasteiger partial charge in [0.2, 0.25) is 0 Å². The molecule has 0 saturated heterocycles. The molecule has 0 atom stereocenters. The molecule has 0 aliphatic carbocycles. The summed E-state index contributed by atoms with van der Waals surface area (Å²) >= 11 is -3.04. The zero-order chi connectivity index (χ0) is 13.9. The second kappa shape index (κ2) is 5.86. The van der Waals surface area contributed by atoms with Gasteiger partial charge in [-0.2, -0.15) is 0 Å². The normalized spacial score (nSPS) is 11.2. The van der Waals surface area contributed by atoms with Crippen molar-refractivity contribution in [2.75, 3.05) is 0 Å². The SMILES string of the molecule is Cc1ccccc1[O][Sn]([CH3])([CH3])[O]c1ccccc1C. The third kappa shape index (κ3) is 3.90. The van der Waals surface area contributed by atoms with E-state index in [9.17, 15) is 0 Å². The molecule has 0 bridgehead atoms. The average Bonchev–Trinajstić information content (AvgIpc) is 2.35. The summed E-state index contributed by atoms with van der Waals surface area (Å²) in [5.74, 6) is 1.88. The van der Waals surface area contributed by atoms with Crippen molar-refractivity contribution in [1.82, 2.24) is 0 Å². The van der Waals surface area contributed by atoms with Crippen molar-refractivity contribution in [3.63, 3.8) is 0 Å². The molecule has 2 aromatic rings. The topological polar surface area (TPSA) is 18.5 Å². The van der Waals surface area contributed by atoms with Crippen LogP contribution >= 0.6 is 0 Å². The van der Waals surface area contributed by atoms with E-state index in [2.05, 4.69) is 35.9 Å². The van der Waals surface area contributed by atoms with Crippen LogP contribution in [0, 0.1) is 13.8 Å². The zero-order valence-corrected chi connectivity index (χ0v) is 14.8. The Hall–Kier alpha value is -1.16. The minimum atomic E-state index is -3.04. The van der Waals surface area contributed by atoms with Crippen LogP contribution in [0.15, 0.2) is 48.5 Å². The van der Waals surface area contributed by atoms with Gasteiger partial charge in [-0.15, -0.1) is 0 Å². The number of benzene rings is 2. The summed E-state index contributed by atoms with van der Waals surface area (Å²) in [6, 6.07) is 16.2. The molecule has 0 spiro atoms. The van der Waals surface area contributed by atoms with Crippen molar-refractivity contribution in [3.8, 4) is 11.5 Å². The predicted octanol–water partition coefficient (Wildman–Crippen LogP) is 4.46. The molecule has 0 aliphatic rings. The molecule has 0 amide bonds. The van der Waals surface area contributed by atoms with Crippen molar-refractivity contribution >= 4 is 19.2 Å². The van der Waals surface area contributed by atoms with Gasteiger partial charge in [0, 0.05) is 0 Å². The van der Waals surface area contributed by atoms with Crippen LogP contribution < -0.4 is 6.15 Å². The van der Waals surface area contributed by atoms with Gasteiger partial charge < -0.3 is 0 Å². The zero-order valence-electron chi connectivity index (χ0n) is 11.9. The van der Waals surface area contributed by atoms with E-state index in [0.717, 1.165) is 22.6 Å². The fraction of sp³-hybridized carbons (Fsp3) is 0.250. The van der Waals surface area contributed by atoms with Gasteiger partial charge >= 0.3 is 120 Å². The second-order valence-electron chi connectivity index (χ2n) is 5.13. The molecule has 2 nitrogen and oxygen atoms in total. The molecule has 0 unspecified atom stereocenters. The monoisotopic (exact) mass is 364 g/mol. The van der Waals surface area contributed by atoms with Crippen LogP contribution in [0.1, 0.15) is 11.1 Å². The van der Waals surface area contributed by atoms with Crippen LogP contribution in [-0.2, 0) is 0 Å². The molecule has 0 aliphatic heterocycles. The Kier molecular flexibility index (Phi) is 4.40. The molecule has 0 heterocycles. The summed E-state index contributed by atoms with van der Waals surface area (Å²) in [7, 11) is 0. The molecular weight excluding hydrogens is 343 g/mol.